The number of halogens is 2. The maximum Gasteiger partial charge on any atom is 0.259 e. The van der Waals surface area contributed by atoms with Crippen molar-refractivity contribution in [1.29, 1.82) is 0 Å². The fourth-order valence-corrected chi connectivity index (χ4v) is 3.06. The summed E-state index contributed by atoms with van der Waals surface area (Å²) in [6.45, 7) is 1.39. The minimum absolute atomic E-state index is 0. The highest BCUT2D eigenvalue weighted by Crippen LogP contribution is 2.29. The van der Waals surface area contributed by atoms with Crippen LogP contribution in [0.2, 0.25) is 5.02 Å². The summed E-state index contributed by atoms with van der Waals surface area (Å²) in [5.74, 6) is 0.203. The highest BCUT2D eigenvalue weighted by atomic mass is 35.5. The van der Waals surface area contributed by atoms with Crippen LogP contribution in [0.3, 0.4) is 0 Å². The summed E-state index contributed by atoms with van der Waals surface area (Å²) in [6.07, 6.45) is 1.54. The third kappa shape index (κ3) is 4.84. The second-order valence-corrected chi connectivity index (χ2v) is 6.55. The number of benzene rings is 2. The van der Waals surface area contributed by atoms with Crippen LogP contribution in [0.25, 0.3) is 0 Å². The SMILES string of the molecule is COc1cc(N)c(Cl)cc1C(=O)Nc1ccc(CN2CCCC2=O)cc1.Cl. The first-order valence-electron chi connectivity index (χ1n) is 8.29. The molecule has 2 aromatic rings. The molecule has 6 nitrogen and oxygen atoms in total. The van der Waals surface area contributed by atoms with Gasteiger partial charge in [0.15, 0.2) is 0 Å². The average molecular weight is 410 g/mol. The molecule has 1 aliphatic heterocycles. The Kier molecular flexibility index (Phi) is 6.93. The predicted octanol–water partition coefficient (Wildman–Crippen LogP) is 3.73. The fraction of sp³-hybridized carbons (Fsp3) is 0.263. The molecule has 3 rings (SSSR count). The van der Waals surface area contributed by atoms with E-state index in [4.69, 9.17) is 22.1 Å². The summed E-state index contributed by atoms with van der Waals surface area (Å²) in [7, 11) is 1.47. The lowest BCUT2D eigenvalue weighted by molar-refractivity contribution is -0.128. The molecule has 0 atom stereocenters. The zero-order chi connectivity index (χ0) is 18.7. The van der Waals surface area contributed by atoms with Gasteiger partial charge in [0, 0.05) is 31.3 Å². The van der Waals surface area contributed by atoms with Crippen molar-refractivity contribution in [3.05, 3.63) is 52.5 Å². The molecule has 0 spiro atoms. The van der Waals surface area contributed by atoms with Crippen LogP contribution in [0.15, 0.2) is 36.4 Å². The number of likely N-dealkylation sites (tertiary alicyclic amines) is 1. The Morgan fingerprint density at radius 2 is 2.00 bits per heavy atom. The summed E-state index contributed by atoms with van der Waals surface area (Å²) in [5.41, 5.74) is 8.05. The van der Waals surface area contributed by atoms with Crippen LogP contribution in [0.5, 0.6) is 5.75 Å². The van der Waals surface area contributed by atoms with E-state index in [-0.39, 0.29) is 24.2 Å². The summed E-state index contributed by atoms with van der Waals surface area (Å²) in [6, 6.07) is 10.4. The second kappa shape index (κ2) is 8.97. The molecule has 0 aliphatic carbocycles. The maximum absolute atomic E-state index is 12.5. The number of carbonyl (C=O) groups is 2. The lowest BCUT2D eigenvalue weighted by atomic mass is 10.1. The molecular formula is C19H21Cl2N3O3. The standard InChI is InChI=1S/C19H20ClN3O3.ClH/c1-26-17-10-16(21)15(20)9-14(17)19(25)22-13-6-4-12(5-7-13)11-23-8-2-3-18(23)24;/h4-7,9-10H,2-3,8,11,21H2,1H3,(H,22,25);1H. The van der Waals surface area contributed by atoms with Gasteiger partial charge in [0.25, 0.3) is 5.91 Å². The summed E-state index contributed by atoms with van der Waals surface area (Å²) in [5, 5.41) is 3.10. The number of ether oxygens (including phenoxy) is 1. The molecule has 2 aromatic carbocycles. The minimum atomic E-state index is -0.341. The zero-order valence-corrected chi connectivity index (χ0v) is 16.4. The van der Waals surface area contributed by atoms with Crippen LogP contribution in [0.1, 0.15) is 28.8 Å². The van der Waals surface area contributed by atoms with Crippen LogP contribution in [-0.4, -0.2) is 30.4 Å². The first-order valence-corrected chi connectivity index (χ1v) is 8.67. The van der Waals surface area contributed by atoms with E-state index in [1.165, 1.54) is 19.2 Å². The summed E-state index contributed by atoms with van der Waals surface area (Å²) >= 11 is 6.01. The van der Waals surface area contributed by atoms with E-state index < -0.39 is 0 Å². The Labute approximate surface area is 169 Å². The molecule has 1 saturated heterocycles. The normalized spacial score (nSPS) is 13.3. The molecular weight excluding hydrogens is 389 g/mol. The van der Waals surface area contributed by atoms with Crippen molar-refractivity contribution < 1.29 is 14.3 Å². The molecule has 0 bridgehead atoms. The average Bonchev–Trinajstić information content (AvgIpc) is 3.03. The molecule has 3 N–H and O–H groups in total. The van der Waals surface area contributed by atoms with Gasteiger partial charge in [-0.1, -0.05) is 23.7 Å². The molecule has 1 aliphatic rings. The number of rotatable bonds is 5. The molecule has 1 fully saturated rings. The Hall–Kier alpha value is -2.44. The van der Waals surface area contributed by atoms with Crippen molar-refractivity contribution in [2.24, 2.45) is 0 Å². The van der Waals surface area contributed by atoms with Gasteiger partial charge in [-0.05, 0) is 30.2 Å². The topological polar surface area (TPSA) is 84.7 Å². The van der Waals surface area contributed by atoms with Crippen LogP contribution < -0.4 is 15.8 Å². The molecule has 2 amide bonds. The number of amides is 2. The molecule has 0 radical (unpaired) electrons. The summed E-state index contributed by atoms with van der Waals surface area (Å²) in [4.78, 5) is 26.1. The van der Waals surface area contributed by atoms with Gasteiger partial charge in [0.1, 0.15) is 5.75 Å². The van der Waals surface area contributed by atoms with Crippen molar-refractivity contribution in [1.82, 2.24) is 4.90 Å². The highest BCUT2D eigenvalue weighted by Gasteiger charge is 2.20. The Bertz CT molecular complexity index is 841. The first kappa shape index (κ1) is 20.9. The number of methoxy groups -OCH3 is 1. The number of hydrogen-bond acceptors (Lipinski definition) is 4. The quantitative estimate of drug-likeness (QED) is 0.736. The minimum Gasteiger partial charge on any atom is -0.496 e. The fourth-order valence-electron chi connectivity index (χ4n) is 2.90. The van der Waals surface area contributed by atoms with E-state index >= 15 is 0 Å². The van der Waals surface area contributed by atoms with Gasteiger partial charge in [0.2, 0.25) is 5.91 Å². The predicted molar refractivity (Wildman–Crippen MR) is 109 cm³/mol. The van der Waals surface area contributed by atoms with E-state index in [1.54, 1.807) is 12.1 Å². The van der Waals surface area contributed by atoms with E-state index in [0.29, 0.717) is 40.7 Å². The van der Waals surface area contributed by atoms with Crippen LogP contribution in [0.4, 0.5) is 11.4 Å². The maximum atomic E-state index is 12.5. The number of anilines is 2. The number of hydrogen-bond donors (Lipinski definition) is 2. The smallest absolute Gasteiger partial charge is 0.259 e. The Morgan fingerprint density at radius 3 is 2.59 bits per heavy atom. The number of nitrogens with one attached hydrogen (secondary N) is 1. The molecule has 0 unspecified atom stereocenters. The number of carbonyl (C=O) groups excluding carboxylic acids is 2. The van der Waals surface area contributed by atoms with Crippen LogP contribution >= 0.6 is 24.0 Å². The van der Waals surface area contributed by atoms with Gasteiger partial charge < -0.3 is 20.7 Å². The number of nitrogen functional groups attached to an aromatic ring is 1. The zero-order valence-electron chi connectivity index (χ0n) is 14.8. The van der Waals surface area contributed by atoms with Gasteiger partial charge in [-0.15, -0.1) is 12.4 Å². The van der Waals surface area contributed by atoms with Gasteiger partial charge in [-0.2, -0.15) is 0 Å². The van der Waals surface area contributed by atoms with E-state index in [1.807, 2.05) is 17.0 Å². The van der Waals surface area contributed by atoms with Gasteiger partial charge >= 0.3 is 0 Å². The van der Waals surface area contributed by atoms with Gasteiger partial charge in [0.05, 0.1) is 23.4 Å². The monoisotopic (exact) mass is 409 g/mol. The number of nitrogens with zero attached hydrogens (tertiary/aromatic N) is 1. The van der Waals surface area contributed by atoms with Crippen molar-refractivity contribution >= 4 is 47.2 Å². The first-order chi connectivity index (χ1) is 12.5. The lowest BCUT2D eigenvalue weighted by Gasteiger charge is -2.16. The van der Waals surface area contributed by atoms with Crippen molar-refractivity contribution in [3.8, 4) is 5.75 Å². The lowest BCUT2D eigenvalue weighted by Crippen LogP contribution is -2.23. The summed E-state index contributed by atoms with van der Waals surface area (Å²) < 4.78 is 5.21. The van der Waals surface area contributed by atoms with Gasteiger partial charge in [-0.25, -0.2) is 0 Å². The second-order valence-electron chi connectivity index (χ2n) is 6.14. The molecule has 8 heteroatoms. The molecule has 0 aromatic heterocycles. The Balaban J connectivity index is 0.00000261. The largest absolute Gasteiger partial charge is 0.496 e. The molecule has 1 heterocycles. The third-order valence-electron chi connectivity index (χ3n) is 4.32. The van der Waals surface area contributed by atoms with Gasteiger partial charge in [-0.3, -0.25) is 9.59 Å². The van der Waals surface area contributed by atoms with E-state index in [2.05, 4.69) is 5.32 Å². The van der Waals surface area contributed by atoms with E-state index in [0.717, 1.165) is 18.5 Å². The van der Waals surface area contributed by atoms with Crippen molar-refractivity contribution in [2.45, 2.75) is 19.4 Å². The molecule has 0 saturated carbocycles. The van der Waals surface area contributed by atoms with E-state index in [9.17, 15) is 9.59 Å². The van der Waals surface area contributed by atoms with Crippen LogP contribution in [-0.2, 0) is 11.3 Å². The molecule has 144 valence electrons. The highest BCUT2D eigenvalue weighted by molar-refractivity contribution is 6.33. The van der Waals surface area contributed by atoms with Crippen LogP contribution in [0, 0.1) is 0 Å². The Morgan fingerprint density at radius 1 is 1.30 bits per heavy atom. The number of nitrogens with two attached hydrogens (primary N) is 1. The molecule has 27 heavy (non-hydrogen) atoms. The van der Waals surface area contributed by atoms with Crippen molar-refractivity contribution in [2.75, 3.05) is 24.7 Å². The van der Waals surface area contributed by atoms with Crippen molar-refractivity contribution in [3.63, 3.8) is 0 Å². The third-order valence-corrected chi connectivity index (χ3v) is 4.65.